The monoisotopic (exact) mass is 949 g/mol. The van der Waals surface area contributed by atoms with Gasteiger partial charge in [0.2, 0.25) is 47.3 Å². The molecule has 1 fully saturated rings. The Bertz CT molecular complexity index is 1910. The average Bonchev–Trinajstić information content (AvgIpc) is 3.76. The number of carboxylic acid groups (broad SMARTS) is 1. The first kappa shape index (κ1) is 56.5. The van der Waals surface area contributed by atoms with Crippen molar-refractivity contribution in [2.75, 3.05) is 32.8 Å². The van der Waals surface area contributed by atoms with Crippen LogP contribution in [0.1, 0.15) is 72.3 Å². The smallest absolute Gasteiger partial charge is 0.326 e. The third-order valence-electron chi connectivity index (χ3n) is 10.5. The number of aliphatic hydroxyl groups excluding tert-OH is 2. The van der Waals surface area contributed by atoms with Crippen molar-refractivity contribution in [3.63, 3.8) is 0 Å². The first-order valence-electron chi connectivity index (χ1n) is 21.9. The molecule has 67 heavy (non-hydrogen) atoms. The molecule has 374 valence electrons. The molecule has 17 N–H and O–H groups in total. The molecule has 0 radical (unpaired) electrons. The number of nitrogens with zero attached hydrogens (tertiary/aromatic N) is 2. The van der Waals surface area contributed by atoms with Crippen LogP contribution in [0.25, 0.3) is 0 Å². The number of hydrogen-bond donors (Lipinski definition) is 14. The van der Waals surface area contributed by atoms with Crippen LogP contribution in [0.4, 0.5) is 0 Å². The molecule has 1 aromatic carbocycles. The number of nitrogens with two attached hydrogens (primary N) is 3. The van der Waals surface area contributed by atoms with Crippen molar-refractivity contribution in [2.45, 2.75) is 122 Å². The van der Waals surface area contributed by atoms with E-state index >= 15 is 0 Å². The number of guanidine groups is 1. The van der Waals surface area contributed by atoms with Gasteiger partial charge in [0.15, 0.2) is 5.96 Å². The van der Waals surface area contributed by atoms with Crippen molar-refractivity contribution in [2.24, 2.45) is 34.0 Å². The van der Waals surface area contributed by atoms with Gasteiger partial charge in [0.05, 0.1) is 25.8 Å². The summed E-state index contributed by atoms with van der Waals surface area (Å²) in [6.07, 6.45) is -0.488. The van der Waals surface area contributed by atoms with Crippen molar-refractivity contribution < 1.29 is 63.6 Å². The zero-order chi connectivity index (χ0) is 50.5. The summed E-state index contributed by atoms with van der Waals surface area (Å²) in [6.45, 7) is 6.25. The normalized spacial score (nSPS) is 16.5. The third-order valence-corrected chi connectivity index (χ3v) is 10.5. The van der Waals surface area contributed by atoms with Crippen molar-refractivity contribution in [3.05, 3.63) is 29.8 Å². The number of carboxylic acids is 1. The second-order valence-corrected chi connectivity index (χ2v) is 17.0. The number of aliphatic imine (C=N–C) groups is 1. The van der Waals surface area contributed by atoms with Crippen LogP contribution < -0.4 is 54.4 Å². The molecule has 1 aromatic rings. The number of amides is 8. The molecule has 1 heterocycles. The van der Waals surface area contributed by atoms with E-state index in [1.165, 1.54) is 36.1 Å². The van der Waals surface area contributed by atoms with Crippen LogP contribution in [0.15, 0.2) is 29.3 Å². The van der Waals surface area contributed by atoms with E-state index in [0.29, 0.717) is 12.0 Å². The van der Waals surface area contributed by atoms with Gasteiger partial charge in [0.1, 0.15) is 48.0 Å². The number of phenols is 1. The van der Waals surface area contributed by atoms with Crippen LogP contribution >= 0.6 is 0 Å². The van der Waals surface area contributed by atoms with Crippen LogP contribution in [0, 0.1) is 11.8 Å². The van der Waals surface area contributed by atoms with Gasteiger partial charge in [-0.3, -0.25) is 43.3 Å². The molecule has 0 spiro atoms. The van der Waals surface area contributed by atoms with E-state index in [-0.39, 0.29) is 62.8 Å². The fraction of sp³-hybridized carbons (Fsp3) is 0.619. The number of rotatable bonds is 27. The molecule has 0 aliphatic carbocycles. The number of aliphatic hydroxyl groups is 2. The van der Waals surface area contributed by atoms with Gasteiger partial charge in [-0.1, -0.05) is 39.8 Å². The summed E-state index contributed by atoms with van der Waals surface area (Å²) in [5.41, 5.74) is 17.0. The molecule has 0 aromatic heterocycles. The number of aromatic hydroxyl groups is 1. The molecule has 8 atom stereocenters. The lowest BCUT2D eigenvalue weighted by atomic mass is 10.0. The fourth-order valence-electron chi connectivity index (χ4n) is 6.80. The summed E-state index contributed by atoms with van der Waals surface area (Å²) < 4.78 is 0. The van der Waals surface area contributed by atoms with Crippen molar-refractivity contribution in [1.82, 2.24) is 42.1 Å². The summed E-state index contributed by atoms with van der Waals surface area (Å²) in [5.74, 6) is -8.58. The Hall–Kier alpha value is -6.60. The Morgan fingerprint density at radius 3 is 1.96 bits per heavy atom. The number of benzene rings is 1. The average molecular weight is 949 g/mol. The molecular formula is C42H68N12O13. The molecule has 1 aliphatic rings. The van der Waals surface area contributed by atoms with E-state index in [4.69, 9.17) is 17.2 Å². The Labute approximate surface area is 388 Å². The molecule has 1 aliphatic heterocycles. The van der Waals surface area contributed by atoms with Gasteiger partial charge in [-0.15, -0.1) is 0 Å². The quantitative estimate of drug-likeness (QED) is 0.0223. The number of nitrogens with one attached hydrogen (secondary N) is 7. The summed E-state index contributed by atoms with van der Waals surface area (Å²) in [4.78, 5) is 123. The van der Waals surface area contributed by atoms with Crippen molar-refractivity contribution >= 4 is 59.2 Å². The minimum Gasteiger partial charge on any atom is -0.508 e. The first-order valence-corrected chi connectivity index (χ1v) is 21.9. The van der Waals surface area contributed by atoms with E-state index in [2.05, 4.69) is 42.2 Å². The molecule has 8 unspecified atom stereocenters. The highest BCUT2D eigenvalue weighted by Crippen LogP contribution is 2.18. The van der Waals surface area contributed by atoms with E-state index in [0.717, 1.165) is 0 Å². The highest BCUT2D eigenvalue weighted by molar-refractivity contribution is 5.97. The van der Waals surface area contributed by atoms with E-state index in [1.54, 1.807) is 27.7 Å². The second kappa shape index (κ2) is 27.8. The lowest BCUT2D eigenvalue weighted by Crippen LogP contribution is -2.59. The lowest BCUT2D eigenvalue weighted by Gasteiger charge is -2.27. The topological polar surface area (TPSA) is 412 Å². The highest BCUT2D eigenvalue weighted by atomic mass is 16.4. The molecule has 0 saturated carbocycles. The number of hydrogen-bond acceptors (Lipinski definition) is 14. The number of aliphatic carboxylic acids is 1. The van der Waals surface area contributed by atoms with E-state index < -0.39 is 127 Å². The van der Waals surface area contributed by atoms with Crippen LogP contribution in [0.3, 0.4) is 0 Å². The number of carbonyl (C=O) groups is 9. The Balaban J connectivity index is 2.06. The van der Waals surface area contributed by atoms with Gasteiger partial charge in [0, 0.05) is 19.5 Å². The van der Waals surface area contributed by atoms with Crippen molar-refractivity contribution in [1.29, 1.82) is 0 Å². The standard InChI is InChI=1S/C42H68N12O13/c1-21(2)16-27(49-31(58)18-47-35(60)26(8-6-14-46-42(44)45)50-40(65)34(22(3)4)53-39(64)33(43)23(5)56)36(61)48-19-32(59)54-15-7-9-30(54)38(63)52-29(20-55)37(62)51-28(41(66)67)17-24-10-12-25(57)13-11-24/h10-13,21-23,26-30,33-34,55-57H,6-9,14-20,43H2,1-5H3,(H,47,60)(H,48,61)(H,49,58)(H,50,65)(H,51,62)(H,52,63)(H,53,64)(H,66,67)(H4,44,45,46). The zero-order valence-corrected chi connectivity index (χ0v) is 38.5. The van der Waals surface area contributed by atoms with E-state index in [9.17, 15) is 63.6 Å². The van der Waals surface area contributed by atoms with Gasteiger partial charge in [0.25, 0.3) is 0 Å². The summed E-state index contributed by atoms with van der Waals surface area (Å²) >= 11 is 0. The summed E-state index contributed by atoms with van der Waals surface area (Å²) in [6, 6.07) is -3.39. The minimum atomic E-state index is -1.57. The Morgan fingerprint density at radius 1 is 0.776 bits per heavy atom. The molecule has 25 heteroatoms. The zero-order valence-electron chi connectivity index (χ0n) is 38.5. The SMILES string of the molecule is CC(C)CC(NC(=O)CNC(=O)C(CCCN=C(N)N)NC(=O)C(NC(=O)C(N)C(C)O)C(C)C)C(=O)NCC(=O)N1CCCC1C(=O)NC(CO)C(=O)NC(Cc1ccc(O)cc1)C(=O)O. The van der Waals surface area contributed by atoms with Crippen LogP contribution in [0.5, 0.6) is 5.75 Å². The summed E-state index contributed by atoms with van der Waals surface area (Å²) in [5, 5.41) is 56.0. The number of likely N-dealkylation sites (tertiary alicyclic amines) is 1. The minimum absolute atomic E-state index is 0.00143. The maximum Gasteiger partial charge on any atom is 0.326 e. The van der Waals surface area contributed by atoms with Gasteiger partial charge in [-0.05, 0) is 68.6 Å². The fourth-order valence-corrected chi connectivity index (χ4v) is 6.80. The first-order chi connectivity index (χ1) is 31.4. The number of carbonyl (C=O) groups excluding carboxylic acids is 8. The van der Waals surface area contributed by atoms with E-state index in [1.807, 2.05) is 0 Å². The Kier molecular flexibility index (Phi) is 23.4. The molecule has 0 bridgehead atoms. The second-order valence-electron chi connectivity index (χ2n) is 17.0. The van der Waals surface area contributed by atoms with Gasteiger partial charge >= 0.3 is 5.97 Å². The predicted octanol–water partition coefficient (Wildman–Crippen LogP) is -4.88. The van der Waals surface area contributed by atoms with Crippen LogP contribution in [-0.4, -0.2) is 166 Å². The largest absolute Gasteiger partial charge is 0.508 e. The van der Waals surface area contributed by atoms with Crippen LogP contribution in [-0.2, 0) is 49.6 Å². The third kappa shape index (κ3) is 19.4. The summed E-state index contributed by atoms with van der Waals surface area (Å²) in [7, 11) is 0. The van der Waals surface area contributed by atoms with Gasteiger partial charge in [-0.2, -0.15) is 0 Å². The predicted molar refractivity (Wildman–Crippen MR) is 241 cm³/mol. The number of phenolic OH excluding ortho intramolecular Hbond substituents is 1. The molecule has 1 saturated heterocycles. The van der Waals surface area contributed by atoms with Gasteiger partial charge in [-0.25, -0.2) is 4.79 Å². The lowest BCUT2D eigenvalue weighted by molar-refractivity contribution is -0.143. The Morgan fingerprint density at radius 2 is 1.39 bits per heavy atom. The van der Waals surface area contributed by atoms with Crippen LogP contribution in [0.2, 0.25) is 0 Å². The maximum atomic E-state index is 13.4. The maximum absolute atomic E-state index is 13.4. The molecule has 25 nitrogen and oxygen atoms in total. The van der Waals surface area contributed by atoms with Gasteiger partial charge < -0.3 is 79.7 Å². The molecule has 2 rings (SSSR count). The molecular weight excluding hydrogens is 881 g/mol. The highest BCUT2D eigenvalue weighted by Gasteiger charge is 2.37. The molecule has 8 amide bonds. The van der Waals surface area contributed by atoms with Crippen molar-refractivity contribution in [3.8, 4) is 5.75 Å².